The van der Waals surface area contributed by atoms with Crippen LogP contribution >= 0.6 is 0 Å². The molecule has 0 atom stereocenters. The minimum atomic E-state index is 0.155. The third kappa shape index (κ3) is 4.04. The van der Waals surface area contributed by atoms with Crippen LogP contribution in [0.25, 0.3) is 0 Å². The molecule has 0 aliphatic heterocycles. The predicted octanol–water partition coefficient (Wildman–Crippen LogP) is 2.42. The summed E-state index contributed by atoms with van der Waals surface area (Å²) in [6, 6.07) is 6.37. The first-order chi connectivity index (χ1) is 9.90. The normalized spacial score (nSPS) is 11.7. The van der Waals surface area contributed by atoms with E-state index >= 15 is 0 Å². The summed E-state index contributed by atoms with van der Waals surface area (Å²) in [6.45, 7) is 10.3. The molecule has 2 rings (SSSR count). The van der Waals surface area contributed by atoms with Gasteiger partial charge in [0.05, 0.1) is 12.2 Å². The number of aryl methyl sites for hydroxylation is 1. The van der Waals surface area contributed by atoms with Gasteiger partial charge in [-0.1, -0.05) is 38.1 Å². The van der Waals surface area contributed by atoms with E-state index in [9.17, 15) is 0 Å². The van der Waals surface area contributed by atoms with Gasteiger partial charge >= 0.3 is 0 Å². The maximum Gasteiger partial charge on any atom is 0.122 e. The van der Waals surface area contributed by atoms with Crippen LogP contribution < -0.4 is 10.5 Å². The maximum absolute atomic E-state index is 5.83. The molecule has 0 saturated heterocycles. The first kappa shape index (κ1) is 15.5. The van der Waals surface area contributed by atoms with Gasteiger partial charge in [0.2, 0.25) is 0 Å². The molecule has 0 amide bonds. The minimum absolute atomic E-state index is 0.155. The fourth-order valence-corrected chi connectivity index (χ4v) is 2.07. The highest BCUT2D eigenvalue weighted by atomic mass is 16.5. The first-order valence-electron chi connectivity index (χ1n) is 7.23. The highest BCUT2D eigenvalue weighted by Gasteiger charge is 2.14. The molecule has 0 aliphatic carbocycles. The summed E-state index contributed by atoms with van der Waals surface area (Å²) in [4.78, 5) is 0. The Bertz CT molecular complexity index is 599. The number of ether oxygens (including phenoxy) is 1. The van der Waals surface area contributed by atoms with Gasteiger partial charge in [0.15, 0.2) is 0 Å². The number of hydrogen-bond donors (Lipinski definition) is 1. The number of aromatic nitrogens is 3. The third-order valence-electron chi connectivity index (χ3n) is 3.41. The summed E-state index contributed by atoms with van der Waals surface area (Å²) < 4.78 is 7.58. The predicted molar refractivity (Wildman–Crippen MR) is 83.3 cm³/mol. The van der Waals surface area contributed by atoms with Crippen LogP contribution in [0.3, 0.4) is 0 Å². The molecule has 0 bridgehead atoms. The number of rotatable bonds is 5. The number of hydrogen-bond acceptors (Lipinski definition) is 4. The largest absolute Gasteiger partial charge is 0.491 e. The molecule has 1 heterocycles. The van der Waals surface area contributed by atoms with Crippen molar-refractivity contribution >= 4 is 0 Å². The third-order valence-corrected chi connectivity index (χ3v) is 3.41. The van der Waals surface area contributed by atoms with Crippen LogP contribution in [-0.2, 0) is 18.5 Å². The molecule has 2 N–H and O–H groups in total. The van der Waals surface area contributed by atoms with Gasteiger partial charge in [0.1, 0.15) is 12.4 Å². The van der Waals surface area contributed by atoms with Crippen molar-refractivity contribution in [3.8, 4) is 5.75 Å². The standard InChI is InChI=1S/C16H24N4O/c1-12-9-13(16(2,3)4)5-6-15(12)21-8-7-20-11-14(10-17)18-19-20/h5-6,9,11H,7-8,10,17H2,1-4H3. The first-order valence-corrected chi connectivity index (χ1v) is 7.23. The second kappa shape index (κ2) is 6.26. The molecule has 0 spiro atoms. The molecule has 0 radical (unpaired) electrons. The highest BCUT2D eigenvalue weighted by Crippen LogP contribution is 2.27. The monoisotopic (exact) mass is 288 g/mol. The van der Waals surface area contributed by atoms with Crippen molar-refractivity contribution in [2.24, 2.45) is 5.73 Å². The SMILES string of the molecule is Cc1cc(C(C)(C)C)ccc1OCCn1cc(CN)nn1. The van der Waals surface area contributed by atoms with E-state index < -0.39 is 0 Å². The van der Waals surface area contributed by atoms with Crippen LogP contribution in [-0.4, -0.2) is 21.6 Å². The van der Waals surface area contributed by atoms with E-state index in [1.165, 1.54) is 5.56 Å². The van der Waals surface area contributed by atoms with Crippen molar-refractivity contribution in [1.82, 2.24) is 15.0 Å². The molecule has 1 aromatic carbocycles. The van der Waals surface area contributed by atoms with Crippen LogP contribution in [0, 0.1) is 6.92 Å². The van der Waals surface area contributed by atoms with Crippen molar-refractivity contribution in [2.75, 3.05) is 6.61 Å². The topological polar surface area (TPSA) is 66.0 Å². The zero-order valence-electron chi connectivity index (χ0n) is 13.3. The molecule has 5 heteroatoms. The second-order valence-corrected chi connectivity index (χ2v) is 6.26. The molecule has 1 aromatic heterocycles. The molecule has 0 saturated carbocycles. The van der Waals surface area contributed by atoms with Crippen LogP contribution in [0.2, 0.25) is 0 Å². The Morgan fingerprint density at radius 2 is 2.05 bits per heavy atom. The molecular weight excluding hydrogens is 264 g/mol. The molecule has 5 nitrogen and oxygen atoms in total. The van der Waals surface area contributed by atoms with E-state index in [-0.39, 0.29) is 5.41 Å². The Hall–Kier alpha value is -1.88. The smallest absolute Gasteiger partial charge is 0.122 e. The zero-order chi connectivity index (χ0) is 15.5. The lowest BCUT2D eigenvalue weighted by Crippen LogP contribution is -2.12. The summed E-state index contributed by atoms with van der Waals surface area (Å²) in [6.07, 6.45) is 1.85. The summed E-state index contributed by atoms with van der Waals surface area (Å²) in [5.41, 5.74) is 8.92. The van der Waals surface area contributed by atoms with E-state index in [1.54, 1.807) is 4.68 Å². The Morgan fingerprint density at radius 1 is 1.29 bits per heavy atom. The molecule has 21 heavy (non-hydrogen) atoms. The molecule has 114 valence electrons. The Labute approximate surface area is 126 Å². The van der Waals surface area contributed by atoms with Gasteiger partial charge in [0, 0.05) is 12.7 Å². The van der Waals surface area contributed by atoms with Gasteiger partial charge in [0.25, 0.3) is 0 Å². The van der Waals surface area contributed by atoms with Gasteiger partial charge in [-0.3, -0.25) is 0 Å². The average molecular weight is 288 g/mol. The molecule has 0 aliphatic rings. The van der Waals surface area contributed by atoms with E-state index in [1.807, 2.05) is 12.3 Å². The van der Waals surface area contributed by atoms with Crippen molar-refractivity contribution in [3.05, 3.63) is 41.2 Å². The summed E-state index contributed by atoms with van der Waals surface area (Å²) in [5.74, 6) is 0.919. The van der Waals surface area contributed by atoms with Crippen LogP contribution in [0.15, 0.2) is 24.4 Å². The van der Waals surface area contributed by atoms with Crippen LogP contribution in [0.5, 0.6) is 5.75 Å². The van der Waals surface area contributed by atoms with E-state index in [4.69, 9.17) is 10.5 Å². The fourth-order valence-electron chi connectivity index (χ4n) is 2.07. The van der Waals surface area contributed by atoms with Gasteiger partial charge in [-0.15, -0.1) is 5.10 Å². The summed E-state index contributed by atoms with van der Waals surface area (Å²) >= 11 is 0. The lowest BCUT2D eigenvalue weighted by molar-refractivity contribution is 0.288. The van der Waals surface area contributed by atoms with E-state index in [2.05, 4.69) is 50.1 Å². The highest BCUT2D eigenvalue weighted by molar-refractivity contribution is 5.38. The molecule has 2 aromatic rings. The van der Waals surface area contributed by atoms with Gasteiger partial charge in [-0.25, -0.2) is 4.68 Å². The summed E-state index contributed by atoms with van der Waals surface area (Å²) in [5, 5.41) is 7.94. The summed E-state index contributed by atoms with van der Waals surface area (Å²) in [7, 11) is 0. The van der Waals surface area contributed by atoms with Gasteiger partial charge in [-0.05, 0) is 29.5 Å². The van der Waals surface area contributed by atoms with Crippen molar-refractivity contribution in [3.63, 3.8) is 0 Å². The minimum Gasteiger partial charge on any atom is -0.491 e. The average Bonchev–Trinajstić information content (AvgIpc) is 2.87. The molecule has 0 fully saturated rings. The Kier molecular flexibility index (Phi) is 4.63. The number of nitrogens with two attached hydrogens (primary N) is 1. The molecule has 0 unspecified atom stereocenters. The van der Waals surface area contributed by atoms with Crippen molar-refractivity contribution in [1.29, 1.82) is 0 Å². The maximum atomic E-state index is 5.83. The quantitative estimate of drug-likeness (QED) is 0.917. The molecular formula is C16H24N4O. The van der Waals surface area contributed by atoms with E-state index in [0.717, 1.165) is 17.0 Å². The fraction of sp³-hybridized carbons (Fsp3) is 0.500. The van der Waals surface area contributed by atoms with Gasteiger partial charge in [-0.2, -0.15) is 0 Å². The van der Waals surface area contributed by atoms with Crippen LogP contribution in [0.4, 0.5) is 0 Å². The number of benzene rings is 1. The Morgan fingerprint density at radius 3 is 2.62 bits per heavy atom. The van der Waals surface area contributed by atoms with Crippen LogP contribution in [0.1, 0.15) is 37.6 Å². The van der Waals surface area contributed by atoms with Crippen molar-refractivity contribution in [2.45, 2.75) is 46.2 Å². The lowest BCUT2D eigenvalue weighted by atomic mass is 9.86. The Balaban J connectivity index is 1.94. The lowest BCUT2D eigenvalue weighted by Gasteiger charge is -2.20. The van der Waals surface area contributed by atoms with Gasteiger partial charge < -0.3 is 10.5 Å². The van der Waals surface area contributed by atoms with E-state index in [0.29, 0.717) is 19.7 Å². The number of nitrogens with zero attached hydrogens (tertiary/aromatic N) is 3. The zero-order valence-corrected chi connectivity index (χ0v) is 13.3. The second-order valence-electron chi connectivity index (χ2n) is 6.26. The van der Waals surface area contributed by atoms with Crippen molar-refractivity contribution < 1.29 is 4.74 Å².